The van der Waals surface area contributed by atoms with E-state index in [0.717, 1.165) is 15.0 Å². The van der Waals surface area contributed by atoms with Gasteiger partial charge in [0, 0.05) is 11.4 Å². The number of rotatable bonds is 1. The van der Waals surface area contributed by atoms with Crippen LogP contribution in [0.3, 0.4) is 0 Å². The number of para-hydroxylation sites is 1. The maximum atomic E-state index is 11.9. The number of aryl methyl sites for hydroxylation is 1. The lowest BCUT2D eigenvalue weighted by Gasteiger charge is -2.09. The number of pyridine rings is 1. The fourth-order valence-corrected chi connectivity index (χ4v) is 1.93. The standard InChI is InChI=1S/C12H10INO/c1-9-7-8-11(13)12(15)14(9)10-5-3-2-4-6-10/h2-8H,1H3. The van der Waals surface area contributed by atoms with Crippen molar-refractivity contribution in [2.24, 2.45) is 0 Å². The Balaban J connectivity index is 2.73. The lowest BCUT2D eigenvalue weighted by Crippen LogP contribution is -2.22. The van der Waals surface area contributed by atoms with Crippen LogP contribution in [0.25, 0.3) is 5.69 Å². The van der Waals surface area contributed by atoms with Gasteiger partial charge in [-0.2, -0.15) is 0 Å². The second-order valence-corrected chi connectivity index (χ2v) is 4.46. The first-order valence-corrected chi connectivity index (χ1v) is 5.71. The Morgan fingerprint density at radius 3 is 2.40 bits per heavy atom. The van der Waals surface area contributed by atoms with Gasteiger partial charge in [0.2, 0.25) is 0 Å². The van der Waals surface area contributed by atoms with Crippen LogP contribution in [0.2, 0.25) is 0 Å². The van der Waals surface area contributed by atoms with Crippen LogP contribution in [0.4, 0.5) is 0 Å². The number of halogens is 1. The molecule has 1 aromatic carbocycles. The van der Waals surface area contributed by atoms with Gasteiger partial charge in [-0.3, -0.25) is 9.36 Å². The summed E-state index contributed by atoms with van der Waals surface area (Å²) in [7, 11) is 0. The SMILES string of the molecule is Cc1ccc(I)c(=O)n1-c1ccccc1. The molecule has 2 nitrogen and oxygen atoms in total. The number of benzene rings is 1. The van der Waals surface area contributed by atoms with Crippen molar-refractivity contribution in [1.29, 1.82) is 0 Å². The van der Waals surface area contributed by atoms with E-state index in [1.807, 2.05) is 49.4 Å². The van der Waals surface area contributed by atoms with Crippen molar-refractivity contribution in [3.63, 3.8) is 0 Å². The summed E-state index contributed by atoms with van der Waals surface area (Å²) >= 11 is 2.06. The zero-order valence-electron chi connectivity index (χ0n) is 8.27. The van der Waals surface area contributed by atoms with Gasteiger partial charge in [0.1, 0.15) is 0 Å². The molecule has 0 saturated carbocycles. The predicted molar refractivity (Wildman–Crippen MR) is 69.5 cm³/mol. The Hall–Kier alpha value is -1.10. The summed E-state index contributed by atoms with van der Waals surface area (Å²) in [6, 6.07) is 13.5. The molecule has 0 bridgehead atoms. The van der Waals surface area contributed by atoms with Gasteiger partial charge < -0.3 is 0 Å². The summed E-state index contributed by atoms with van der Waals surface area (Å²) < 4.78 is 2.46. The highest BCUT2D eigenvalue weighted by Gasteiger charge is 2.04. The Morgan fingerprint density at radius 1 is 1.07 bits per heavy atom. The van der Waals surface area contributed by atoms with Crippen molar-refractivity contribution in [3.05, 3.63) is 62.1 Å². The van der Waals surface area contributed by atoms with Crippen LogP contribution >= 0.6 is 22.6 Å². The van der Waals surface area contributed by atoms with Crippen LogP contribution < -0.4 is 5.56 Å². The summed E-state index contributed by atoms with van der Waals surface area (Å²) in [5.41, 5.74) is 1.91. The van der Waals surface area contributed by atoms with E-state index in [0.29, 0.717) is 0 Å². The Morgan fingerprint density at radius 2 is 1.73 bits per heavy atom. The van der Waals surface area contributed by atoms with E-state index in [4.69, 9.17) is 0 Å². The van der Waals surface area contributed by atoms with Crippen LogP contribution in [0.5, 0.6) is 0 Å². The molecule has 0 aliphatic heterocycles. The Bertz CT molecular complexity index is 531. The highest BCUT2D eigenvalue weighted by atomic mass is 127. The van der Waals surface area contributed by atoms with Crippen molar-refractivity contribution < 1.29 is 0 Å². The zero-order valence-corrected chi connectivity index (χ0v) is 10.4. The molecule has 0 amide bonds. The molecule has 0 spiro atoms. The molecular weight excluding hydrogens is 301 g/mol. The van der Waals surface area contributed by atoms with Gasteiger partial charge in [-0.15, -0.1) is 0 Å². The third-order valence-electron chi connectivity index (χ3n) is 2.25. The molecule has 0 radical (unpaired) electrons. The molecule has 15 heavy (non-hydrogen) atoms. The third-order valence-corrected chi connectivity index (χ3v) is 3.07. The second-order valence-electron chi connectivity index (χ2n) is 3.30. The lowest BCUT2D eigenvalue weighted by atomic mass is 10.3. The second kappa shape index (κ2) is 4.18. The minimum atomic E-state index is 0.0433. The highest BCUT2D eigenvalue weighted by Crippen LogP contribution is 2.09. The van der Waals surface area contributed by atoms with E-state index in [9.17, 15) is 4.79 Å². The first-order valence-electron chi connectivity index (χ1n) is 4.64. The molecule has 0 unspecified atom stereocenters. The molecule has 2 rings (SSSR count). The smallest absolute Gasteiger partial charge is 0.268 e. The van der Waals surface area contributed by atoms with Crippen LogP contribution in [-0.2, 0) is 0 Å². The van der Waals surface area contributed by atoms with E-state index in [1.54, 1.807) is 4.57 Å². The largest absolute Gasteiger partial charge is 0.281 e. The first kappa shape index (κ1) is 10.4. The molecule has 1 heterocycles. The lowest BCUT2D eigenvalue weighted by molar-refractivity contribution is 0.925. The van der Waals surface area contributed by atoms with Gasteiger partial charge in [0.05, 0.1) is 3.57 Å². The third kappa shape index (κ3) is 1.97. The van der Waals surface area contributed by atoms with Gasteiger partial charge in [-0.1, -0.05) is 18.2 Å². The molecule has 0 saturated heterocycles. The van der Waals surface area contributed by atoms with Gasteiger partial charge in [-0.25, -0.2) is 0 Å². The quantitative estimate of drug-likeness (QED) is 0.742. The number of hydrogen-bond acceptors (Lipinski definition) is 1. The van der Waals surface area contributed by atoms with Crippen molar-refractivity contribution in [2.75, 3.05) is 0 Å². The summed E-state index contributed by atoms with van der Waals surface area (Å²) in [5, 5.41) is 0. The summed E-state index contributed by atoms with van der Waals surface area (Å²) in [6.45, 7) is 1.94. The van der Waals surface area contributed by atoms with Crippen LogP contribution in [-0.4, -0.2) is 4.57 Å². The van der Waals surface area contributed by atoms with Gasteiger partial charge in [0.25, 0.3) is 5.56 Å². The summed E-state index contributed by atoms with van der Waals surface area (Å²) in [4.78, 5) is 11.9. The molecule has 2 aromatic rings. The molecule has 76 valence electrons. The molecule has 0 aliphatic rings. The number of nitrogens with zero attached hydrogens (tertiary/aromatic N) is 1. The highest BCUT2D eigenvalue weighted by molar-refractivity contribution is 14.1. The van der Waals surface area contributed by atoms with E-state index < -0.39 is 0 Å². The predicted octanol–water partition coefficient (Wildman–Crippen LogP) is 2.75. The van der Waals surface area contributed by atoms with E-state index in [-0.39, 0.29) is 5.56 Å². The normalized spacial score (nSPS) is 10.3. The molecule has 0 atom stereocenters. The minimum absolute atomic E-state index is 0.0433. The molecular formula is C12H10INO. The van der Waals surface area contributed by atoms with Gasteiger partial charge >= 0.3 is 0 Å². The minimum Gasteiger partial charge on any atom is -0.281 e. The fourth-order valence-electron chi connectivity index (χ4n) is 1.50. The number of hydrogen-bond donors (Lipinski definition) is 0. The average Bonchev–Trinajstić information content (AvgIpc) is 2.26. The summed E-state index contributed by atoms with van der Waals surface area (Å²) in [6.07, 6.45) is 0. The maximum Gasteiger partial charge on any atom is 0.268 e. The maximum absolute atomic E-state index is 11.9. The van der Waals surface area contributed by atoms with Gasteiger partial charge in [0.15, 0.2) is 0 Å². The first-order chi connectivity index (χ1) is 7.20. The fraction of sp³-hybridized carbons (Fsp3) is 0.0833. The molecule has 3 heteroatoms. The van der Waals surface area contributed by atoms with Gasteiger partial charge in [-0.05, 0) is 53.8 Å². The molecule has 0 aliphatic carbocycles. The van der Waals surface area contributed by atoms with Crippen molar-refractivity contribution in [1.82, 2.24) is 4.57 Å². The molecule has 0 N–H and O–H groups in total. The van der Waals surface area contributed by atoms with Crippen molar-refractivity contribution in [3.8, 4) is 5.69 Å². The molecule has 0 fully saturated rings. The van der Waals surface area contributed by atoms with E-state index in [1.165, 1.54) is 0 Å². The topological polar surface area (TPSA) is 22.0 Å². The van der Waals surface area contributed by atoms with Crippen molar-refractivity contribution >= 4 is 22.6 Å². The van der Waals surface area contributed by atoms with E-state index in [2.05, 4.69) is 22.6 Å². The van der Waals surface area contributed by atoms with Crippen molar-refractivity contribution in [2.45, 2.75) is 6.92 Å². The Labute approximate surface area is 102 Å². The average molecular weight is 311 g/mol. The zero-order chi connectivity index (χ0) is 10.8. The monoisotopic (exact) mass is 311 g/mol. The van der Waals surface area contributed by atoms with E-state index >= 15 is 0 Å². The Kier molecular flexibility index (Phi) is 2.90. The number of aromatic nitrogens is 1. The van der Waals surface area contributed by atoms with Crippen LogP contribution in [0.15, 0.2) is 47.3 Å². The van der Waals surface area contributed by atoms with Crippen LogP contribution in [0, 0.1) is 10.5 Å². The van der Waals surface area contributed by atoms with Crippen LogP contribution in [0.1, 0.15) is 5.69 Å². The summed E-state index contributed by atoms with van der Waals surface area (Å²) in [5.74, 6) is 0. The molecule has 1 aromatic heterocycles.